The standard InChI is InChI=1S/C21H28N4O2/c1-2-19(20-10-6-7-11-22-20)23-21(26)25-14-12-24(13-15-25)16-17-27-18-8-4-3-5-9-18/h3-11,19H,2,12-17H2,1H3,(H,23,26). The van der Waals surface area contributed by atoms with Gasteiger partial charge in [0.05, 0.1) is 11.7 Å². The van der Waals surface area contributed by atoms with E-state index < -0.39 is 0 Å². The summed E-state index contributed by atoms with van der Waals surface area (Å²) in [6.45, 7) is 6.79. The van der Waals surface area contributed by atoms with Gasteiger partial charge in [0.1, 0.15) is 12.4 Å². The largest absolute Gasteiger partial charge is 0.492 e. The highest BCUT2D eigenvalue weighted by atomic mass is 16.5. The zero-order valence-electron chi connectivity index (χ0n) is 15.9. The van der Waals surface area contributed by atoms with Gasteiger partial charge >= 0.3 is 6.03 Å². The summed E-state index contributed by atoms with van der Waals surface area (Å²) < 4.78 is 5.76. The van der Waals surface area contributed by atoms with Crippen molar-refractivity contribution >= 4 is 6.03 Å². The highest BCUT2D eigenvalue weighted by molar-refractivity contribution is 5.74. The van der Waals surface area contributed by atoms with Gasteiger partial charge < -0.3 is 15.0 Å². The molecule has 6 nitrogen and oxygen atoms in total. The Morgan fingerprint density at radius 2 is 1.85 bits per heavy atom. The summed E-state index contributed by atoms with van der Waals surface area (Å²) in [5, 5.41) is 3.11. The molecule has 0 bridgehead atoms. The van der Waals surface area contributed by atoms with Crippen LogP contribution in [0.5, 0.6) is 5.75 Å². The van der Waals surface area contributed by atoms with E-state index in [1.165, 1.54) is 0 Å². The molecule has 27 heavy (non-hydrogen) atoms. The second-order valence-corrected chi connectivity index (χ2v) is 6.66. The number of carbonyl (C=O) groups excluding carboxylic acids is 1. The molecule has 2 aromatic rings. The molecule has 1 unspecified atom stereocenters. The number of urea groups is 1. The predicted molar refractivity (Wildman–Crippen MR) is 106 cm³/mol. The van der Waals surface area contributed by atoms with Crippen molar-refractivity contribution in [2.24, 2.45) is 0 Å². The van der Waals surface area contributed by atoms with Crippen molar-refractivity contribution < 1.29 is 9.53 Å². The Morgan fingerprint density at radius 3 is 2.52 bits per heavy atom. The molecule has 1 saturated heterocycles. The lowest BCUT2D eigenvalue weighted by Crippen LogP contribution is -2.52. The van der Waals surface area contributed by atoms with E-state index in [0.717, 1.165) is 50.6 Å². The van der Waals surface area contributed by atoms with Gasteiger partial charge in [0.2, 0.25) is 0 Å². The Balaban J connectivity index is 1.40. The number of para-hydroxylation sites is 1. The van der Waals surface area contributed by atoms with Crippen LogP contribution in [0.4, 0.5) is 4.79 Å². The molecule has 3 rings (SSSR count). The Bertz CT molecular complexity index is 688. The van der Waals surface area contributed by atoms with Gasteiger partial charge in [-0.3, -0.25) is 9.88 Å². The van der Waals surface area contributed by atoms with Crippen molar-refractivity contribution in [2.75, 3.05) is 39.3 Å². The van der Waals surface area contributed by atoms with Gasteiger partial charge in [0.25, 0.3) is 0 Å². The Hall–Kier alpha value is -2.60. The minimum atomic E-state index is -0.0454. The number of benzene rings is 1. The fraction of sp³-hybridized carbons (Fsp3) is 0.429. The molecule has 144 valence electrons. The van der Waals surface area contributed by atoms with Crippen molar-refractivity contribution in [2.45, 2.75) is 19.4 Å². The maximum atomic E-state index is 12.6. The van der Waals surface area contributed by atoms with E-state index in [9.17, 15) is 4.79 Å². The maximum absolute atomic E-state index is 12.6. The third-order valence-electron chi connectivity index (χ3n) is 4.83. The first-order valence-electron chi connectivity index (χ1n) is 9.63. The maximum Gasteiger partial charge on any atom is 0.318 e. The normalized spacial score (nSPS) is 16.0. The highest BCUT2D eigenvalue weighted by Gasteiger charge is 2.23. The predicted octanol–water partition coefficient (Wildman–Crippen LogP) is 2.94. The fourth-order valence-electron chi connectivity index (χ4n) is 3.19. The monoisotopic (exact) mass is 368 g/mol. The number of amides is 2. The minimum absolute atomic E-state index is 0.00677. The quantitative estimate of drug-likeness (QED) is 0.816. The first kappa shape index (κ1) is 19.2. The third-order valence-corrected chi connectivity index (χ3v) is 4.83. The van der Waals surface area contributed by atoms with Crippen LogP contribution in [0.15, 0.2) is 54.7 Å². The Kier molecular flexibility index (Phi) is 7.04. The first-order chi connectivity index (χ1) is 13.3. The summed E-state index contributed by atoms with van der Waals surface area (Å²) in [7, 11) is 0. The summed E-state index contributed by atoms with van der Waals surface area (Å²) >= 11 is 0. The number of ether oxygens (including phenoxy) is 1. The van der Waals surface area contributed by atoms with Gasteiger partial charge in [-0.1, -0.05) is 31.2 Å². The first-order valence-corrected chi connectivity index (χ1v) is 9.63. The number of hydrogen-bond acceptors (Lipinski definition) is 4. The van der Waals surface area contributed by atoms with Crippen molar-refractivity contribution in [3.8, 4) is 5.75 Å². The topological polar surface area (TPSA) is 57.7 Å². The molecular weight excluding hydrogens is 340 g/mol. The molecule has 6 heteroatoms. The molecule has 1 fully saturated rings. The van der Waals surface area contributed by atoms with Crippen LogP contribution in [0, 0.1) is 0 Å². The molecular formula is C21H28N4O2. The summed E-state index contributed by atoms with van der Waals surface area (Å²) in [6, 6.07) is 15.6. The van der Waals surface area contributed by atoms with Crippen LogP contribution in [-0.2, 0) is 0 Å². The van der Waals surface area contributed by atoms with Crippen LogP contribution in [0.1, 0.15) is 25.1 Å². The minimum Gasteiger partial charge on any atom is -0.492 e. The Morgan fingerprint density at radius 1 is 1.11 bits per heavy atom. The zero-order valence-corrected chi connectivity index (χ0v) is 15.9. The van der Waals surface area contributed by atoms with Crippen molar-refractivity contribution in [3.05, 3.63) is 60.4 Å². The van der Waals surface area contributed by atoms with E-state index in [4.69, 9.17) is 4.74 Å². The van der Waals surface area contributed by atoms with Crippen LogP contribution >= 0.6 is 0 Å². The average Bonchev–Trinajstić information content (AvgIpc) is 2.74. The van der Waals surface area contributed by atoms with E-state index in [2.05, 4.69) is 22.1 Å². The van der Waals surface area contributed by atoms with Crippen molar-refractivity contribution in [1.82, 2.24) is 20.1 Å². The SMILES string of the molecule is CCC(NC(=O)N1CCN(CCOc2ccccc2)CC1)c1ccccn1. The van der Waals surface area contributed by atoms with Gasteiger partial charge in [-0.25, -0.2) is 4.79 Å². The molecule has 1 atom stereocenters. The molecule has 2 heterocycles. The lowest BCUT2D eigenvalue weighted by molar-refractivity contribution is 0.124. The molecule has 1 N–H and O–H groups in total. The molecule has 0 radical (unpaired) electrons. The van der Waals surface area contributed by atoms with Crippen molar-refractivity contribution in [3.63, 3.8) is 0 Å². The average molecular weight is 368 g/mol. The lowest BCUT2D eigenvalue weighted by Gasteiger charge is -2.35. The van der Waals surface area contributed by atoms with Gasteiger partial charge in [0.15, 0.2) is 0 Å². The smallest absolute Gasteiger partial charge is 0.318 e. The molecule has 1 aromatic carbocycles. The van der Waals surface area contributed by atoms with Crippen LogP contribution in [-0.4, -0.2) is 60.1 Å². The number of hydrogen-bond donors (Lipinski definition) is 1. The number of piperazine rings is 1. The van der Waals surface area contributed by atoms with Crippen LogP contribution in [0.2, 0.25) is 0 Å². The van der Waals surface area contributed by atoms with E-state index in [1.54, 1.807) is 6.20 Å². The molecule has 0 spiro atoms. The van der Waals surface area contributed by atoms with E-state index in [0.29, 0.717) is 6.61 Å². The number of nitrogens with zero attached hydrogens (tertiary/aromatic N) is 3. The van der Waals surface area contributed by atoms with Gasteiger partial charge in [0, 0.05) is 38.9 Å². The molecule has 0 aliphatic carbocycles. The third kappa shape index (κ3) is 5.69. The van der Waals surface area contributed by atoms with Crippen LogP contribution in [0.25, 0.3) is 0 Å². The number of nitrogens with one attached hydrogen (secondary N) is 1. The van der Waals surface area contributed by atoms with E-state index >= 15 is 0 Å². The molecule has 1 aromatic heterocycles. The summed E-state index contributed by atoms with van der Waals surface area (Å²) in [6.07, 6.45) is 2.58. The van der Waals surface area contributed by atoms with E-state index in [-0.39, 0.29) is 12.1 Å². The van der Waals surface area contributed by atoms with Gasteiger partial charge in [-0.2, -0.15) is 0 Å². The molecule has 1 aliphatic rings. The molecule has 2 amide bonds. The number of rotatable bonds is 7. The van der Waals surface area contributed by atoms with E-state index in [1.807, 2.05) is 53.4 Å². The number of carbonyl (C=O) groups is 1. The lowest BCUT2D eigenvalue weighted by atomic mass is 10.1. The zero-order chi connectivity index (χ0) is 18.9. The molecule has 1 aliphatic heterocycles. The highest BCUT2D eigenvalue weighted by Crippen LogP contribution is 2.14. The van der Waals surface area contributed by atoms with Crippen molar-refractivity contribution in [1.29, 1.82) is 0 Å². The van der Waals surface area contributed by atoms with Gasteiger partial charge in [-0.05, 0) is 30.7 Å². The number of aromatic nitrogens is 1. The van der Waals surface area contributed by atoms with Crippen LogP contribution in [0.3, 0.4) is 0 Å². The summed E-state index contributed by atoms with van der Waals surface area (Å²) in [5.41, 5.74) is 0.907. The Labute approximate surface area is 161 Å². The summed E-state index contributed by atoms with van der Waals surface area (Å²) in [4.78, 5) is 21.2. The van der Waals surface area contributed by atoms with Gasteiger partial charge in [-0.15, -0.1) is 0 Å². The second-order valence-electron chi connectivity index (χ2n) is 6.66. The number of pyridine rings is 1. The molecule has 0 saturated carbocycles. The second kappa shape index (κ2) is 9.92. The fourth-order valence-corrected chi connectivity index (χ4v) is 3.19. The van der Waals surface area contributed by atoms with Crippen LogP contribution < -0.4 is 10.1 Å². The summed E-state index contributed by atoms with van der Waals surface area (Å²) in [5.74, 6) is 0.899.